The zero-order chi connectivity index (χ0) is 13.2. The average molecular weight is 259 g/mol. The van der Waals surface area contributed by atoms with Crippen LogP contribution in [-0.4, -0.2) is 39.4 Å². The number of nitrogens with zero attached hydrogens (tertiary/aromatic N) is 3. The van der Waals surface area contributed by atoms with Crippen molar-refractivity contribution in [3.63, 3.8) is 0 Å². The number of hydrogen-bond donors (Lipinski definition) is 1. The maximum atomic E-state index is 10.3. The van der Waals surface area contributed by atoms with E-state index in [1.54, 1.807) is 0 Å². The molecule has 1 N–H and O–H groups in total. The summed E-state index contributed by atoms with van der Waals surface area (Å²) in [4.78, 5) is 2.44. The lowest BCUT2D eigenvalue weighted by atomic mass is 10.0. The highest BCUT2D eigenvalue weighted by atomic mass is 16.3. The molecule has 2 aromatic rings. The van der Waals surface area contributed by atoms with Crippen molar-refractivity contribution in [2.45, 2.75) is 25.4 Å². The van der Waals surface area contributed by atoms with E-state index in [1.807, 2.05) is 30.1 Å². The molecule has 0 spiro atoms. The summed E-state index contributed by atoms with van der Waals surface area (Å²) >= 11 is 0. The van der Waals surface area contributed by atoms with Gasteiger partial charge in [0.1, 0.15) is 0 Å². The van der Waals surface area contributed by atoms with E-state index in [0.717, 1.165) is 29.4 Å². The number of aromatic nitrogens is 2. The molecule has 19 heavy (non-hydrogen) atoms. The van der Waals surface area contributed by atoms with Crippen molar-refractivity contribution < 1.29 is 5.11 Å². The maximum absolute atomic E-state index is 10.3. The quantitative estimate of drug-likeness (QED) is 0.914. The van der Waals surface area contributed by atoms with Crippen LogP contribution in [0.15, 0.2) is 24.4 Å². The molecule has 1 unspecified atom stereocenters. The van der Waals surface area contributed by atoms with Crippen molar-refractivity contribution in [1.29, 1.82) is 0 Å². The summed E-state index contributed by atoms with van der Waals surface area (Å²) in [5.74, 6) is 0. The van der Waals surface area contributed by atoms with Crippen LogP contribution < -0.4 is 0 Å². The van der Waals surface area contributed by atoms with E-state index in [1.165, 1.54) is 25.9 Å². The first-order chi connectivity index (χ1) is 9.24. The molecule has 4 nitrogen and oxygen atoms in total. The van der Waals surface area contributed by atoms with Gasteiger partial charge in [0.05, 0.1) is 17.8 Å². The topological polar surface area (TPSA) is 41.3 Å². The summed E-state index contributed by atoms with van der Waals surface area (Å²) in [7, 11) is 1.94. The third kappa shape index (κ3) is 2.65. The summed E-state index contributed by atoms with van der Waals surface area (Å²) in [6, 6.07) is 6.10. The number of aliphatic hydroxyl groups is 1. The van der Waals surface area contributed by atoms with Gasteiger partial charge in [0, 0.05) is 19.0 Å². The maximum Gasteiger partial charge on any atom is 0.0802 e. The molecule has 1 aromatic carbocycles. The van der Waals surface area contributed by atoms with E-state index < -0.39 is 0 Å². The van der Waals surface area contributed by atoms with Crippen molar-refractivity contribution in [2.24, 2.45) is 7.05 Å². The van der Waals surface area contributed by atoms with Crippen molar-refractivity contribution in [2.75, 3.05) is 19.6 Å². The predicted octanol–water partition coefficient (Wildman–Crippen LogP) is 2.09. The summed E-state index contributed by atoms with van der Waals surface area (Å²) in [6.07, 6.45) is 4.90. The van der Waals surface area contributed by atoms with E-state index in [-0.39, 0.29) is 6.10 Å². The van der Waals surface area contributed by atoms with E-state index in [2.05, 4.69) is 16.1 Å². The second-order valence-corrected chi connectivity index (χ2v) is 5.44. The van der Waals surface area contributed by atoms with Gasteiger partial charge in [0.15, 0.2) is 0 Å². The monoisotopic (exact) mass is 259 g/mol. The van der Waals surface area contributed by atoms with Crippen LogP contribution in [0.3, 0.4) is 0 Å². The fraction of sp³-hybridized carbons (Fsp3) is 0.533. The van der Waals surface area contributed by atoms with Gasteiger partial charge in [-0.25, -0.2) is 0 Å². The molecule has 1 aromatic heterocycles. The van der Waals surface area contributed by atoms with Crippen LogP contribution in [0.4, 0.5) is 0 Å². The Hall–Kier alpha value is -1.39. The number of hydrogen-bond acceptors (Lipinski definition) is 3. The molecule has 0 saturated carbocycles. The zero-order valence-electron chi connectivity index (χ0n) is 11.4. The Kier molecular flexibility index (Phi) is 3.53. The van der Waals surface area contributed by atoms with Gasteiger partial charge >= 0.3 is 0 Å². The van der Waals surface area contributed by atoms with Crippen molar-refractivity contribution >= 4 is 10.9 Å². The lowest BCUT2D eigenvalue weighted by Gasteiger charge is -2.17. The Bertz CT molecular complexity index is 558. The van der Waals surface area contributed by atoms with E-state index in [4.69, 9.17) is 0 Å². The molecule has 1 aliphatic heterocycles. The molecule has 0 radical (unpaired) electrons. The molecule has 3 rings (SSSR count). The van der Waals surface area contributed by atoms with E-state index >= 15 is 0 Å². The Morgan fingerprint density at radius 1 is 1.32 bits per heavy atom. The van der Waals surface area contributed by atoms with Crippen LogP contribution >= 0.6 is 0 Å². The number of benzene rings is 1. The number of aliphatic hydroxyl groups excluding tert-OH is 1. The smallest absolute Gasteiger partial charge is 0.0802 e. The third-order valence-corrected chi connectivity index (χ3v) is 4.07. The summed E-state index contributed by atoms with van der Waals surface area (Å²) in [6.45, 7) is 3.37. The Labute approximate surface area is 113 Å². The van der Waals surface area contributed by atoms with Gasteiger partial charge in [-0.05, 0) is 50.0 Å². The highest BCUT2D eigenvalue weighted by Crippen LogP contribution is 2.22. The van der Waals surface area contributed by atoms with E-state index in [0.29, 0.717) is 0 Å². The third-order valence-electron chi connectivity index (χ3n) is 4.07. The van der Waals surface area contributed by atoms with Crippen LogP contribution in [0.2, 0.25) is 0 Å². The van der Waals surface area contributed by atoms with Crippen LogP contribution in [0.5, 0.6) is 0 Å². The highest BCUT2D eigenvalue weighted by molar-refractivity contribution is 5.79. The first kappa shape index (κ1) is 12.6. The molecule has 0 bridgehead atoms. The minimum Gasteiger partial charge on any atom is -0.388 e. The first-order valence-corrected chi connectivity index (χ1v) is 7.06. The Morgan fingerprint density at radius 3 is 2.89 bits per heavy atom. The molecule has 0 aliphatic carbocycles. The van der Waals surface area contributed by atoms with Crippen molar-refractivity contribution in [1.82, 2.24) is 14.7 Å². The lowest BCUT2D eigenvalue weighted by Crippen LogP contribution is -2.22. The number of fused-ring (bicyclic) bond motifs is 1. The van der Waals surface area contributed by atoms with Gasteiger partial charge in [-0.2, -0.15) is 5.10 Å². The fourth-order valence-corrected chi connectivity index (χ4v) is 2.87. The van der Waals surface area contributed by atoms with Crippen LogP contribution in [0.25, 0.3) is 10.9 Å². The molecule has 2 heterocycles. The molecular formula is C15H21N3O. The molecular weight excluding hydrogens is 238 g/mol. The molecule has 1 atom stereocenters. The standard InChI is InChI=1S/C15H21N3O/c1-17-14-5-4-12(10-13(14)11-16-17)15(19)6-9-18-7-2-3-8-18/h4-5,10-11,15,19H,2-3,6-9H2,1H3. The number of rotatable bonds is 4. The summed E-state index contributed by atoms with van der Waals surface area (Å²) < 4.78 is 1.86. The van der Waals surface area contributed by atoms with Crippen LogP contribution in [-0.2, 0) is 7.05 Å². The summed E-state index contributed by atoms with van der Waals surface area (Å²) in [5, 5.41) is 15.6. The molecule has 1 aliphatic rings. The summed E-state index contributed by atoms with van der Waals surface area (Å²) in [5.41, 5.74) is 2.11. The van der Waals surface area contributed by atoms with Gasteiger partial charge in [-0.1, -0.05) is 6.07 Å². The number of aryl methyl sites for hydroxylation is 1. The average Bonchev–Trinajstić information content (AvgIpc) is 3.06. The second kappa shape index (κ2) is 5.31. The predicted molar refractivity (Wildman–Crippen MR) is 76.0 cm³/mol. The minimum atomic E-state index is -0.370. The van der Waals surface area contributed by atoms with Crippen LogP contribution in [0, 0.1) is 0 Å². The van der Waals surface area contributed by atoms with Gasteiger partial charge in [0.25, 0.3) is 0 Å². The highest BCUT2D eigenvalue weighted by Gasteiger charge is 2.15. The largest absolute Gasteiger partial charge is 0.388 e. The first-order valence-electron chi connectivity index (χ1n) is 7.06. The molecule has 102 valence electrons. The van der Waals surface area contributed by atoms with Crippen molar-refractivity contribution in [3.8, 4) is 0 Å². The zero-order valence-corrected chi connectivity index (χ0v) is 11.4. The van der Waals surface area contributed by atoms with Gasteiger partial charge < -0.3 is 10.0 Å². The molecule has 1 fully saturated rings. The Balaban J connectivity index is 1.68. The molecule has 0 amide bonds. The van der Waals surface area contributed by atoms with Crippen LogP contribution in [0.1, 0.15) is 30.9 Å². The lowest BCUT2D eigenvalue weighted by molar-refractivity contribution is 0.149. The van der Waals surface area contributed by atoms with E-state index in [9.17, 15) is 5.11 Å². The molecule has 1 saturated heterocycles. The fourth-order valence-electron chi connectivity index (χ4n) is 2.87. The normalized spacial score (nSPS) is 18.2. The Morgan fingerprint density at radius 2 is 2.11 bits per heavy atom. The van der Waals surface area contributed by atoms with Gasteiger partial charge in [-0.15, -0.1) is 0 Å². The number of likely N-dealkylation sites (tertiary alicyclic amines) is 1. The molecule has 4 heteroatoms. The van der Waals surface area contributed by atoms with Gasteiger partial charge in [0.2, 0.25) is 0 Å². The second-order valence-electron chi connectivity index (χ2n) is 5.44. The van der Waals surface area contributed by atoms with Gasteiger partial charge in [-0.3, -0.25) is 4.68 Å². The minimum absolute atomic E-state index is 0.370. The van der Waals surface area contributed by atoms with Crippen molar-refractivity contribution in [3.05, 3.63) is 30.0 Å². The SMILES string of the molecule is Cn1ncc2cc(C(O)CCN3CCCC3)ccc21.